The number of aromatic nitrogens is 6. The fourth-order valence-electron chi connectivity index (χ4n) is 5.23. The number of nitrogen functional groups attached to an aromatic ring is 1. The van der Waals surface area contributed by atoms with Crippen molar-refractivity contribution in [3.63, 3.8) is 0 Å². The van der Waals surface area contributed by atoms with Gasteiger partial charge in [0.25, 0.3) is 0 Å². The molecule has 0 radical (unpaired) electrons. The van der Waals surface area contributed by atoms with Crippen LogP contribution in [0.2, 0.25) is 0 Å². The van der Waals surface area contributed by atoms with E-state index >= 15 is 0 Å². The fourth-order valence-corrected chi connectivity index (χ4v) is 5.23. The minimum absolute atomic E-state index is 0.0859. The Morgan fingerprint density at radius 2 is 1.79 bits per heavy atom. The summed E-state index contributed by atoms with van der Waals surface area (Å²) in [5.41, 5.74) is 13.2. The van der Waals surface area contributed by atoms with Crippen LogP contribution in [0.3, 0.4) is 0 Å². The molecule has 0 spiro atoms. The molecule has 0 amide bonds. The second-order valence-electron chi connectivity index (χ2n) is 9.74. The molecule has 0 bridgehead atoms. The molecule has 198 valence electrons. The molecule has 9 heteroatoms. The highest BCUT2D eigenvalue weighted by Gasteiger charge is 2.24. The van der Waals surface area contributed by atoms with Crippen LogP contribution in [-0.2, 0) is 6.54 Å². The second kappa shape index (κ2) is 10.9. The number of pyridine rings is 2. The van der Waals surface area contributed by atoms with Crippen LogP contribution >= 0.6 is 0 Å². The van der Waals surface area contributed by atoms with Crippen molar-refractivity contribution in [2.75, 3.05) is 39.0 Å². The number of hydrogen-bond acceptors (Lipinski definition) is 7. The molecule has 1 atom stereocenters. The number of nitrogens with zero attached hydrogens (tertiary/aromatic N) is 8. The van der Waals surface area contributed by atoms with Gasteiger partial charge in [0.15, 0.2) is 5.65 Å². The Bertz CT molecular complexity index is 1530. The van der Waals surface area contributed by atoms with Crippen LogP contribution in [-0.4, -0.2) is 72.2 Å². The maximum Gasteiger partial charge on any atom is 0.164 e. The molecule has 1 saturated heterocycles. The van der Waals surface area contributed by atoms with Crippen LogP contribution in [0.1, 0.15) is 43.6 Å². The number of hydrogen-bond donors (Lipinski definition) is 1. The van der Waals surface area contributed by atoms with E-state index < -0.39 is 0 Å². The van der Waals surface area contributed by atoms with Gasteiger partial charge in [-0.3, -0.25) is 9.88 Å². The molecule has 0 aliphatic carbocycles. The number of aryl methyl sites for hydroxylation is 1. The second-order valence-corrected chi connectivity index (χ2v) is 9.74. The Kier molecular flexibility index (Phi) is 7.40. The molecular formula is C29H37N9. The largest absolute Gasteiger partial charge is 0.383 e. The quantitative estimate of drug-likeness (QED) is 0.373. The summed E-state index contributed by atoms with van der Waals surface area (Å²) in [5.74, 6) is 0.454. The van der Waals surface area contributed by atoms with E-state index in [1.165, 1.54) is 11.9 Å². The highest BCUT2D eigenvalue weighted by Crippen LogP contribution is 2.34. The zero-order chi connectivity index (χ0) is 26.8. The van der Waals surface area contributed by atoms with Crippen molar-refractivity contribution in [2.45, 2.75) is 40.3 Å². The highest BCUT2D eigenvalue weighted by molar-refractivity contribution is 5.88. The van der Waals surface area contributed by atoms with Gasteiger partial charge >= 0.3 is 0 Å². The molecule has 1 aliphatic heterocycles. The van der Waals surface area contributed by atoms with Crippen LogP contribution < -0.4 is 5.73 Å². The van der Waals surface area contributed by atoms with Gasteiger partial charge in [-0.25, -0.2) is 14.6 Å². The van der Waals surface area contributed by atoms with Crippen LogP contribution in [0.25, 0.3) is 27.9 Å². The number of rotatable bonds is 5. The van der Waals surface area contributed by atoms with Crippen LogP contribution in [0, 0.1) is 6.92 Å². The van der Waals surface area contributed by atoms with Crippen molar-refractivity contribution in [3.8, 4) is 11.4 Å². The molecule has 0 saturated carbocycles. The molecule has 0 aromatic carbocycles. The molecular weight excluding hydrogens is 474 g/mol. The summed E-state index contributed by atoms with van der Waals surface area (Å²) in [6.45, 7) is 13.4. The molecule has 1 unspecified atom stereocenters. The molecule has 1 aliphatic rings. The Labute approximate surface area is 223 Å². The number of piperazine rings is 1. The van der Waals surface area contributed by atoms with Gasteiger partial charge in [0.2, 0.25) is 0 Å². The summed E-state index contributed by atoms with van der Waals surface area (Å²) in [4.78, 5) is 18.5. The van der Waals surface area contributed by atoms with E-state index in [0.717, 1.165) is 71.9 Å². The highest BCUT2D eigenvalue weighted by atomic mass is 15.3. The molecule has 6 heterocycles. The lowest BCUT2D eigenvalue weighted by Gasteiger charge is -2.32. The minimum Gasteiger partial charge on any atom is -0.383 e. The van der Waals surface area contributed by atoms with Crippen molar-refractivity contribution in [1.82, 2.24) is 38.9 Å². The van der Waals surface area contributed by atoms with Gasteiger partial charge in [-0.15, -0.1) is 0 Å². The number of likely N-dealkylation sites (N-methyl/N-ethyl adjacent to an activating group) is 1. The van der Waals surface area contributed by atoms with Gasteiger partial charge < -0.3 is 15.0 Å². The standard InChI is InChI=1S/C27H31N9.C2H6/c1-18-24-26(28)30-17-31-27(24)36(32-18)19(2)22-14-21-6-4-5-9-35(21)25(22)23-8-7-20(15-29-23)16-34-12-10-33(3)11-13-34;1-2/h4-9,14-15,17,19H,10-13,16H2,1-3H3,(H2,28,30,31);1-2H3. The first-order valence-electron chi connectivity index (χ1n) is 13.4. The topological polar surface area (TPSA) is 93.4 Å². The lowest BCUT2D eigenvalue weighted by molar-refractivity contribution is 0.148. The lowest BCUT2D eigenvalue weighted by atomic mass is 10.1. The first kappa shape index (κ1) is 25.8. The van der Waals surface area contributed by atoms with E-state index in [2.05, 4.69) is 74.7 Å². The molecule has 38 heavy (non-hydrogen) atoms. The van der Waals surface area contributed by atoms with Crippen LogP contribution in [0.5, 0.6) is 0 Å². The van der Waals surface area contributed by atoms with Crippen molar-refractivity contribution in [3.05, 3.63) is 71.9 Å². The molecule has 2 N–H and O–H groups in total. The third-order valence-corrected chi connectivity index (χ3v) is 7.29. The summed E-state index contributed by atoms with van der Waals surface area (Å²) >= 11 is 0. The lowest BCUT2D eigenvalue weighted by Crippen LogP contribution is -2.43. The van der Waals surface area contributed by atoms with E-state index in [1.54, 1.807) is 0 Å². The Balaban J connectivity index is 0.00000144. The molecule has 6 rings (SSSR count). The van der Waals surface area contributed by atoms with Crippen LogP contribution in [0.15, 0.2) is 55.1 Å². The normalized spacial score (nSPS) is 15.5. The van der Waals surface area contributed by atoms with Gasteiger partial charge in [-0.1, -0.05) is 26.0 Å². The van der Waals surface area contributed by atoms with E-state index in [-0.39, 0.29) is 6.04 Å². The summed E-state index contributed by atoms with van der Waals surface area (Å²) in [6.07, 6.45) is 5.61. The summed E-state index contributed by atoms with van der Waals surface area (Å²) in [5, 5.41) is 5.62. The fraction of sp³-hybridized carbons (Fsp3) is 0.379. The van der Waals surface area contributed by atoms with E-state index in [1.807, 2.05) is 37.7 Å². The monoisotopic (exact) mass is 511 g/mol. The summed E-state index contributed by atoms with van der Waals surface area (Å²) in [7, 11) is 2.18. The van der Waals surface area contributed by atoms with Gasteiger partial charge in [-0.2, -0.15) is 5.10 Å². The zero-order valence-corrected chi connectivity index (χ0v) is 23.0. The average Bonchev–Trinajstić information content (AvgIpc) is 3.50. The predicted octanol–water partition coefficient (Wildman–Crippen LogP) is 4.41. The maximum absolute atomic E-state index is 6.16. The van der Waals surface area contributed by atoms with Crippen molar-refractivity contribution < 1.29 is 0 Å². The first-order chi connectivity index (χ1) is 18.5. The third-order valence-electron chi connectivity index (χ3n) is 7.29. The molecule has 5 aromatic rings. The summed E-state index contributed by atoms with van der Waals surface area (Å²) < 4.78 is 4.15. The Morgan fingerprint density at radius 3 is 2.53 bits per heavy atom. The van der Waals surface area contributed by atoms with E-state index in [4.69, 9.17) is 15.8 Å². The van der Waals surface area contributed by atoms with Crippen molar-refractivity contribution in [1.29, 1.82) is 0 Å². The molecule has 9 nitrogen and oxygen atoms in total. The van der Waals surface area contributed by atoms with Crippen molar-refractivity contribution in [2.24, 2.45) is 0 Å². The Morgan fingerprint density at radius 1 is 1.00 bits per heavy atom. The SMILES string of the molecule is CC.Cc1nn(C(C)c2cc3ccccn3c2-c2ccc(CN3CCN(C)CC3)cn2)c2ncnc(N)c12. The van der Waals surface area contributed by atoms with E-state index in [9.17, 15) is 0 Å². The average molecular weight is 512 g/mol. The van der Waals surface area contributed by atoms with Gasteiger partial charge in [-0.05, 0) is 50.7 Å². The summed E-state index contributed by atoms with van der Waals surface area (Å²) in [6, 6.07) is 12.7. The van der Waals surface area contributed by atoms with Gasteiger partial charge in [0.1, 0.15) is 12.1 Å². The number of anilines is 1. The van der Waals surface area contributed by atoms with Gasteiger partial charge in [0, 0.05) is 56.2 Å². The Hall–Kier alpha value is -3.82. The van der Waals surface area contributed by atoms with Crippen LogP contribution in [0.4, 0.5) is 5.82 Å². The molecule has 5 aromatic heterocycles. The predicted molar refractivity (Wildman–Crippen MR) is 153 cm³/mol. The zero-order valence-electron chi connectivity index (χ0n) is 23.0. The smallest absolute Gasteiger partial charge is 0.164 e. The maximum atomic E-state index is 6.16. The van der Waals surface area contributed by atoms with E-state index in [0.29, 0.717) is 5.82 Å². The minimum atomic E-state index is -0.0859. The third kappa shape index (κ3) is 4.75. The first-order valence-corrected chi connectivity index (χ1v) is 13.4. The van der Waals surface area contributed by atoms with Crippen molar-refractivity contribution >= 4 is 22.4 Å². The van der Waals surface area contributed by atoms with Gasteiger partial charge in [0.05, 0.1) is 28.5 Å². The molecule has 1 fully saturated rings. The number of nitrogens with two attached hydrogens (primary N) is 1. The number of fused-ring (bicyclic) bond motifs is 2.